The second kappa shape index (κ2) is 4.56. The van der Waals surface area contributed by atoms with E-state index in [1.165, 1.54) is 5.57 Å². The lowest BCUT2D eigenvalue weighted by Gasteiger charge is -2.06. The Bertz CT molecular complexity index is 433. The molecule has 0 saturated heterocycles. The van der Waals surface area contributed by atoms with Gasteiger partial charge in [0.2, 0.25) is 0 Å². The third-order valence-electron chi connectivity index (χ3n) is 2.40. The molecule has 2 rings (SSSR count). The number of nitrogens with zero attached hydrogens (tertiary/aromatic N) is 2. The van der Waals surface area contributed by atoms with E-state index in [9.17, 15) is 0 Å². The molecule has 15 heavy (non-hydrogen) atoms. The smallest absolute Gasteiger partial charge is 0.0698 e. The standard InChI is InChI=1S/C13H12N2/c14-9-8-11-6-7-13(15-10-11)12-4-2-1-3-5-12/h2,4-7,10H,1,3,8H2. The van der Waals surface area contributed by atoms with E-state index in [1.54, 1.807) is 6.20 Å². The fraction of sp³-hybridized carbons (Fsp3) is 0.231. The summed E-state index contributed by atoms with van der Waals surface area (Å²) in [6.45, 7) is 0. The van der Waals surface area contributed by atoms with Crippen LogP contribution >= 0.6 is 0 Å². The normalized spacial score (nSPS) is 14.5. The molecule has 0 saturated carbocycles. The molecule has 1 aliphatic rings. The Balaban J connectivity index is 2.20. The summed E-state index contributed by atoms with van der Waals surface area (Å²) in [6, 6.07) is 6.06. The van der Waals surface area contributed by atoms with Crippen LogP contribution < -0.4 is 0 Å². The molecule has 2 nitrogen and oxygen atoms in total. The summed E-state index contributed by atoms with van der Waals surface area (Å²) < 4.78 is 0. The first-order valence-corrected chi connectivity index (χ1v) is 5.09. The van der Waals surface area contributed by atoms with Crippen LogP contribution in [0, 0.1) is 11.3 Å². The van der Waals surface area contributed by atoms with Crippen LogP contribution in [0.1, 0.15) is 24.1 Å². The van der Waals surface area contributed by atoms with E-state index in [1.807, 2.05) is 12.1 Å². The minimum Gasteiger partial charge on any atom is -0.256 e. The van der Waals surface area contributed by atoms with E-state index in [2.05, 4.69) is 29.3 Å². The highest BCUT2D eigenvalue weighted by molar-refractivity contribution is 5.72. The van der Waals surface area contributed by atoms with Crippen LogP contribution in [0.2, 0.25) is 0 Å². The number of hydrogen-bond acceptors (Lipinski definition) is 2. The average Bonchev–Trinajstić information content (AvgIpc) is 2.32. The van der Waals surface area contributed by atoms with Crippen molar-refractivity contribution in [2.45, 2.75) is 19.3 Å². The summed E-state index contributed by atoms with van der Waals surface area (Å²) >= 11 is 0. The Kier molecular flexibility index (Phi) is 2.94. The van der Waals surface area contributed by atoms with Gasteiger partial charge in [0, 0.05) is 6.20 Å². The second-order valence-electron chi connectivity index (χ2n) is 3.53. The van der Waals surface area contributed by atoms with Crippen molar-refractivity contribution in [3.8, 4) is 6.07 Å². The van der Waals surface area contributed by atoms with Crippen molar-refractivity contribution in [3.63, 3.8) is 0 Å². The number of pyridine rings is 1. The van der Waals surface area contributed by atoms with Crippen molar-refractivity contribution >= 4 is 5.57 Å². The Labute approximate surface area is 89.6 Å². The third kappa shape index (κ3) is 2.32. The molecule has 0 aliphatic heterocycles. The molecule has 0 amide bonds. The van der Waals surface area contributed by atoms with Crippen LogP contribution in [0.15, 0.2) is 36.6 Å². The van der Waals surface area contributed by atoms with Crippen LogP contribution in [0.4, 0.5) is 0 Å². The van der Waals surface area contributed by atoms with E-state index in [4.69, 9.17) is 5.26 Å². The highest BCUT2D eigenvalue weighted by Gasteiger charge is 2.02. The molecule has 1 aromatic rings. The van der Waals surface area contributed by atoms with Gasteiger partial charge in [0.15, 0.2) is 0 Å². The predicted octanol–water partition coefficient (Wildman–Crippen LogP) is 2.88. The van der Waals surface area contributed by atoms with E-state index < -0.39 is 0 Å². The molecule has 0 aromatic carbocycles. The topological polar surface area (TPSA) is 36.7 Å². The average molecular weight is 196 g/mol. The molecule has 0 atom stereocenters. The summed E-state index contributed by atoms with van der Waals surface area (Å²) in [5, 5.41) is 8.54. The minimum atomic E-state index is 0.433. The van der Waals surface area contributed by atoms with Crippen molar-refractivity contribution < 1.29 is 0 Å². The van der Waals surface area contributed by atoms with Crippen LogP contribution in [0.25, 0.3) is 5.57 Å². The molecule has 1 aliphatic carbocycles. The molecule has 0 bridgehead atoms. The number of allylic oxidation sites excluding steroid dienone is 4. The molecule has 0 spiro atoms. The maximum absolute atomic E-state index is 8.54. The Morgan fingerprint density at radius 2 is 2.27 bits per heavy atom. The molecule has 0 fully saturated rings. The van der Waals surface area contributed by atoms with Gasteiger partial charge in [0.25, 0.3) is 0 Å². The maximum Gasteiger partial charge on any atom is 0.0698 e. The largest absolute Gasteiger partial charge is 0.256 e. The number of hydrogen-bond donors (Lipinski definition) is 0. The lowest BCUT2D eigenvalue weighted by atomic mass is 10.0. The number of nitriles is 1. The molecule has 0 radical (unpaired) electrons. The fourth-order valence-electron chi connectivity index (χ4n) is 1.59. The summed E-state index contributed by atoms with van der Waals surface area (Å²) in [7, 11) is 0. The molecule has 0 unspecified atom stereocenters. The van der Waals surface area contributed by atoms with Gasteiger partial charge in [-0.2, -0.15) is 5.26 Å². The zero-order valence-electron chi connectivity index (χ0n) is 8.48. The van der Waals surface area contributed by atoms with Crippen molar-refractivity contribution in [1.29, 1.82) is 5.26 Å². The van der Waals surface area contributed by atoms with Gasteiger partial charge in [-0.3, -0.25) is 4.98 Å². The van der Waals surface area contributed by atoms with E-state index in [0.29, 0.717) is 6.42 Å². The van der Waals surface area contributed by atoms with Crippen molar-refractivity contribution in [2.24, 2.45) is 0 Å². The molecular formula is C13H12N2. The minimum absolute atomic E-state index is 0.433. The van der Waals surface area contributed by atoms with Gasteiger partial charge in [0.05, 0.1) is 18.2 Å². The van der Waals surface area contributed by atoms with E-state index in [-0.39, 0.29) is 0 Å². The van der Waals surface area contributed by atoms with Gasteiger partial charge in [-0.15, -0.1) is 0 Å². The van der Waals surface area contributed by atoms with Crippen molar-refractivity contribution in [3.05, 3.63) is 47.8 Å². The first-order valence-electron chi connectivity index (χ1n) is 5.09. The quantitative estimate of drug-likeness (QED) is 0.729. The van der Waals surface area contributed by atoms with Gasteiger partial charge >= 0.3 is 0 Å². The molecule has 1 heterocycles. The van der Waals surface area contributed by atoms with Gasteiger partial charge in [-0.25, -0.2) is 0 Å². The Hall–Kier alpha value is -1.88. The molecule has 0 N–H and O–H groups in total. The van der Waals surface area contributed by atoms with E-state index >= 15 is 0 Å². The number of rotatable bonds is 2. The highest BCUT2D eigenvalue weighted by atomic mass is 14.7. The molecule has 2 heteroatoms. The summed E-state index contributed by atoms with van der Waals surface area (Å²) in [5.41, 5.74) is 3.15. The monoisotopic (exact) mass is 196 g/mol. The summed E-state index contributed by atoms with van der Waals surface area (Å²) in [5.74, 6) is 0. The third-order valence-corrected chi connectivity index (χ3v) is 2.40. The van der Waals surface area contributed by atoms with Crippen LogP contribution in [-0.4, -0.2) is 4.98 Å². The van der Waals surface area contributed by atoms with Crippen molar-refractivity contribution in [1.82, 2.24) is 4.98 Å². The first-order chi connectivity index (χ1) is 7.40. The number of aromatic nitrogens is 1. The predicted molar refractivity (Wildman–Crippen MR) is 59.9 cm³/mol. The second-order valence-corrected chi connectivity index (χ2v) is 3.53. The van der Waals surface area contributed by atoms with Crippen molar-refractivity contribution in [2.75, 3.05) is 0 Å². The molecule has 1 aromatic heterocycles. The SMILES string of the molecule is N#CCc1ccc(C2=CCCC=C2)nc1. The first kappa shape index (κ1) is 9.67. The molecular weight excluding hydrogens is 184 g/mol. The lowest BCUT2D eigenvalue weighted by Crippen LogP contribution is -1.91. The van der Waals surface area contributed by atoms with Gasteiger partial charge in [-0.1, -0.05) is 24.3 Å². The zero-order valence-corrected chi connectivity index (χ0v) is 8.48. The molecule has 74 valence electrons. The fourth-order valence-corrected chi connectivity index (χ4v) is 1.59. The van der Waals surface area contributed by atoms with E-state index in [0.717, 1.165) is 24.1 Å². The van der Waals surface area contributed by atoms with Gasteiger partial charge < -0.3 is 0 Å². The van der Waals surface area contributed by atoms with Gasteiger partial charge in [-0.05, 0) is 30.0 Å². The Morgan fingerprint density at radius 1 is 1.33 bits per heavy atom. The maximum atomic E-state index is 8.54. The highest BCUT2D eigenvalue weighted by Crippen LogP contribution is 2.19. The lowest BCUT2D eigenvalue weighted by molar-refractivity contribution is 1.04. The summed E-state index contributed by atoms with van der Waals surface area (Å²) in [4.78, 5) is 4.35. The van der Waals surface area contributed by atoms with Crippen LogP contribution in [-0.2, 0) is 6.42 Å². The zero-order chi connectivity index (χ0) is 10.5. The Morgan fingerprint density at radius 3 is 2.87 bits per heavy atom. The van der Waals surface area contributed by atoms with Gasteiger partial charge in [0.1, 0.15) is 0 Å². The van der Waals surface area contributed by atoms with Crippen LogP contribution in [0.5, 0.6) is 0 Å². The van der Waals surface area contributed by atoms with Crippen LogP contribution in [0.3, 0.4) is 0 Å². The summed E-state index contributed by atoms with van der Waals surface area (Å²) in [6.07, 6.45) is 10.9.